The topological polar surface area (TPSA) is 24.1 Å². The second-order valence-electron chi connectivity index (χ2n) is 4.01. The molecule has 0 spiro atoms. The zero-order valence-electron chi connectivity index (χ0n) is 8.68. The molecule has 0 aromatic heterocycles. The van der Waals surface area contributed by atoms with Crippen molar-refractivity contribution in [2.45, 2.75) is 12.3 Å². The fraction of sp³-hybridized carbons (Fsp3) is 0.167. The van der Waals surface area contributed by atoms with Crippen LogP contribution in [0, 0.1) is 0 Å². The minimum Gasteiger partial charge on any atom is -0.356 e. The Balaban J connectivity index is 2.06. The van der Waals surface area contributed by atoms with Crippen LogP contribution in [0.25, 0.3) is 10.8 Å². The summed E-state index contributed by atoms with van der Waals surface area (Å²) < 4.78 is 37.6. The SMILES string of the molecule is FC(F)(F)C1Nc2cc3ccccc3cc2N1. The number of benzene rings is 2. The molecule has 1 aliphatic rings. The Morgan fingerprint density at radius 1 is 0.882 bits per heavy atom. The van der Waals surface area contributed by atoms with Gasteiger partial charge in [0.15, 0.2) is 6.17 Å². The molecule has 0 bridgehead atoms. The third kappa shape index (κ3) is 1.67. The molecule has 2 aromatic carbocycles. The molecule has 0 unspecified atom stereocenters. The van der Waals surface area contributed by atoms with Crippen LogP contribution < -0.4 is 10.6 Å². The van der Waals surface area contributed by atoms with Crippen LogP contribution in [0.15, 0.2) is 36.4 Å². The van der Waals surface area contributed by atoms with E-state index in [1.807, 2.05) is 24.3 Å². The molecule has 1 heterocycles. The van der Waals surface area contributed by atoms with Crippen molar-refractivity contribution in [1.82, 2.24) is 0 Å². The Labute approximate surface area is 95.4 Å². The van der Waals surface area contributed by atoms with Gasteiger partial charge >= 0.3 is 6.18 Å². The fourth-order valence-electron chi connectivity index (χ4n) is 1.99. The molecule has 88 valence electrons. The first-order valence-corrected chi connectivity index (χ1v) is 5.17. The molecule has 2 nitrogen and oxygen atoms in total. The molecule has 0 fully saturated rings. The highest BCUT2D eigenvalue weighted by molar-refractivity contribution is 5.93. The largest absolute Gasteiger partial charge is 0.427 e. The monoisotopic (exact) mass is 238 g/mol. The van der Waals surface area contributed by atoms with Crippen molar-refractivity contribution in [1.29, 1.82) is 0 Å². The van der Waals surface area contributed by atoms with Crippen LogP contribution in [-0.4, -0.2) is 12.3 Å². The van der Waals surface area contributed by atoms with Crippen molar-refractivity contribution in [3.8, 4) is 0 Å². The molecule has 0 aliphatic carbocycles. The Morgan fingerprint density at radius 3 is 1.76 bits per heavy atom. The number of fused-ring (bicyclic) bond motifs is 2. The van der Waals surface area contributed by atoms with Crippen LogP contribution in [0.1, 0.15) is 0 Å². The average molecular weight is 238 g/mol. The molecule has 0 saturated heterocycles. The average Bonchev–Trinajstić information content (AvgIpc) is 2.68. The maximum atomic E-state index is 12.5. The number of anilines is 2. The lowest BCUT2D eigenvalue weighted by Gasteiger charge is -2.15. The van der Waals surface area contributed by atoms with Gasteiger partial charge in [0.25, 0.3) is 0 Å². The Bertz CT molecular complexity index is 533. The minimum atomic E-state index is -4.30. The van der Waals surface area contributed by atoms with E-state index >= 15 is 0 Å². The summed E-state index contributed by atoms with van der Waals surface area (Å²) in [5.41, 5.74) is 0.983. The van der Waals surface area contributed by atoms with Crippen molar-refractivity contribution in [3.05, 3.63) is 36.4 Å². The zero-order chi connectivity index (χ0) is 12.0. The van der Waals surface area contributed by atoms with Crippen LogP contribution in [0.3, 0.4) is 0 Å². The lowest BCUT2D eigenvalue weighted by atomic mass is 10.1. The van der Waals surface area contributed by atoms with Gasteiger partial charge in [-0.25, -0.2) is 0 Å². The third-order valence-electron chi connectivity index (χ3n) is 2.81. The Morgan fingerprint density at radius 2 is 1.35 bits per heavy atom. The molecule has 0 atom stereocenters. The van der Waals surface area contributed by atoms with Gasteiger partial charge in [-0.15, -0.1) is 0 Å². The predicted molar refractivity (Wildman–Crippen MR) is 61.0 cm³/mol. The predicted octanol–water partition coefficient (Wildman–Crippen LogP) is 3.57. The number of hydrogen-bond acceptors (Lipinski definition) is 2. The molecular formula is C12H9F3N2. The quantitative estimate of drug-likeness (QED) is 0.733. The van der Waals surface area contributed by atoms with Crippen LogP contribution >= 0.6 is 0 Å². The van der Waals surface area contributed by atoms with Crippen LogP contribution in [0.5, 0.6) is 0 Å². The van der Waals surface area contributed by atoms with Crippen molar-refractivity contribution in [3.63, 3.8) is 0 Å². The van der Waals surface area contributed by atoms with E-state index in [-0.39, 0.29) is 0 Å². The maximum absolute atomic E-state index is 12.5. The molecule has 0 radical (unpaired) electrons. The van der Waals surface area contributed by atoms with Gasteiger partial charge in [-0.05, 0) is 22.9 Å². The number of rotatable bonds is 0. The first kappa shape index (κ1) is 10.3. The summed E-state index contributed by atoms with van der Waals surface area (Å²) in [7, 11) is 0. The van der Waals surface area contributed by atoms with Crippen molar-refractivity contribution in [2.24, 2.45) is 0 Å². The van der Waals surface area contributed by atoms with Crippen LogP contribution in [0.2, 0.25) is 0 Å². The van der Waals surface area contributed by atoms with E-state index in [4.69, 9.17) is 0 Å². The second kappa shape index (κ2) is 3.29. The standard InChI is InChI=1S/C12H9F3N2/c13-12(14,15)11-16-9-5-7-3-1-2-4-8(7)6-10(9)17-11/h1-6,11,16-17H. The first-order chi connectivity index (χ1) is 8.04. The maximum Gasteiger partial charge on any atom is 0.427 e. The van der Waals surface area contributed by atoms with Gasteiger partial charge in [-0.1, -0.05) is 24.3 Å². The number of halogens is 3. The molecule has 1 aliphatic heterocycles. The van der Waals surface area contributed by atoms with Gasteiger partial charge in [0.1, 0.15) is 0 Å². The Hall–Kier alpha value is -1.91. The summed E-state index contributed by atoms with van der Waals surface area (Å²) in [4.78, 5) is 0. The smallest absolute Gasteiger partial charge is 0.356 e. The third-order valence-corrected chi connectivity index (χ3v) is 2.81. The molecule has 3 rings (SSSR count). The van der Waals surface area contributed by atoms with Crippen molar-refractivity contribution < 1.29 is 13.2 Å². The van der Waals surface area contributed by atoms with Crippen LogP contribution in [-0.2, 0) is 0 Å². The van der Waals surface area contributed by atoms with E-state index in [0.29, 0.717) is 11.4 Å². The van der Waals surface area contributed by atoms with E-state index in [0.717, 1.165) is 10.8 Å². The summed E-state index contributed by atoms with van der Waals surface area (Å²) in [6.45, 7) is 0. The lowest BCUT2D eigenvalue weighted by Crippen LogP contribution is -2.38. The van der Waals surface area contributed by atoms with Gasteiger partial charge in [0.2, 0.25) is 0 Å². The summed E-state index contributed by atoms with van der Waals surface area (Å²) in [5.74, 6) is 0. The molecule has 0 amide bonds. The normalized spacial score (nSPS) is 15.5. The number of nitrogens with one attached hydrogen (secondary N) is 2. The van der Waals surface area contributed by atoms with Gasteiger partial charge < -0.3 is 10.6 Å². The van der Waals surface area contributed by atoms with Gasteiger partial charge in [0.05, 0.1) is 11.4 Å². The molecule has 2 N–H and O–H groups in total. The molecule has 17 heavy (non-hydrogen) atoms. The highest BCUT2D eigenvalue weighted by atomic mass is 19.4. The summed E-state index contributed by atoms with van der Waals surface area (Å²) in [6.07, 6.45) is -6.00. The summed E-state index contributed by atoms with van der Waals surface area (Å²) in [6, 6.07) is 10.9. The fourth-order valence-corrected chi connectivity index (χ4v) is 1.99. The van der Waals surface area contributed by atoms with E-state index in [9.17, 15) is 13.2 Å². The molecule has 0 saturated carbocycles. The van der Waals surface area contributed by atoms with E-state index in [2.05, 4.69) is 10.6 Å². The number of hydrogen-bond donors (Lipinski definition) is 2. The summed E-state index contributed by atoms with van der Waals surface area (Å²) in [5, 5.41) is 6.70. The van der Waals surface area contributed by atoms with Gasteiger partial charge in [0, 0.05) is 0 Å². The summed E-state index contributed by atoms with van der Waals surface area (Å²) >= 11 is 0. The van der Waals surface area contributed by atoms with E-state index < -0.39 is 12.3 Å². The van der Waals surface area contributed by atoms with Crippen molar-refractivity contribution >= 4 is 22.1 Å². The molecular weight excluding hydrogens is 229 g/mol. The zero-order valence-corrected chi connectivity index (χ0v) is 8.68. The van der Waals surface area contributed by atoms with Gasteiger partial charge in [-0.2, -0.15) is 13.2 Å². The Kier molecular flexibility index (Phi) is 1.98. The molecule has 2 aromatic rings. The first-order valence-electron chi connectivity index (χ1n) is 5.17. The molecule has 5 heteroatoms. The highest BCUT2D eigenvalue weighted by Gasteiger charge is 2.43. The van der Waals surface area contributed by atoms with Crippen molar-refractivity contribution in [2.75, 3.05) is 10.6 Å². The number of alkyl halides is 3. The van der Waals surface area contributed by atoms with Gasteiger partial charge in [-0.3, -0.25) is 0 Å². The second-order valence-corrected chi connectivity index (χ2v) is 4.01. The highest BCUT2D eigenvalue weighted by Crippen LogP contribution is 2.37. The minimum absolute atomic E-state index is 0.492. The lowest BCUT2D eigenvalue weighted by molar-refractivity contribution is -0.135. The van der Waals surface area contributed by atoms with Crippen LogP contribution in [0.4, 0.5) is 24.5 Å². The van der Waals surface area contributed by atoms with E-state index in [1.165, 1.54) is 0 Å². The van der Waals surface area contributed by atoms with E-state index in [1.54, 1.807) is 12.1 Å².